The summed E-state index contributed by atoms with van der Waals surface area (Å²) in [6.07, 6.45) is 2.59. The normalized spacial score (nSPS) is 14.5. The van der Waals surface area contributed by atoms with Gasteiger partial charge in [-0.15, -0.1) is 0 Å². The summed E-state index contributed by atoms with van der Waals surface area (Å²) in [5.41, 5.74) is 4.64. The predicted molar refractivity (Wildman–Crippen MR) is 110 cm³/mol. The summed E-state index contributed by atoms with van der Waals surface area (Å²) in [5, 5.41) is 0. The van der Waals surface area contributed by atoms with Crippen molar-refractivity contribution < 1.29 is 9.53 Å². The number of methoxy groups -OCH3 is 1. The van der Waals surface area contributed by atoms with Gasteiger partial charge < -0.3 is 14.5 Å². The lowest BCUT2D eigenvalue weighted by molar-refractivity contribution is 0.0738. The van der Waals surface area contributed by atoms with Gasteiger partial charge in [0.1, 0.15) is 5.69 Å². The molecule has 146 valence electrons. The lowest BCUT2D eigenvalue weighted by atomic mass is 10.1. The van der Waals surface area contributed by atoms with E-state index in [-0.39, 0.29) is 5.91 Å². The summed E-state index contributed by atoms with van der Waals surface area (Å²) in [5.74, 6) is 0.724. The highest BCUT2D eigenvalue weighted by molar-refractivity contribution is 5.95. The second kappa shape index (κ2) is 7.54. The van der Waals surface area contributed by atoms with E-state index in [0.717, 1.165) is 18.8 Å². The van der Waals surface area contributed by atoms with E-state index < -0.39 is 0 Å². The van der Waals surface area contributed by atoms with E-state index in [0.29, 0.717) is 36.6 Å². The van der Waals surface area contributed by atoms with Gasteiger partial charge in [-0.25, -0.2) is 4.98 Å². The number of benzene rings is 1. The Kier molecular flexibility index (Phi) is 4.94. The highest BCUT2D eigenvalue weighted by Crippen LogP contribution is 2.24. The van der Waals surface area contributed by atoms with Crippen LogP contribution >= 0.6 is 0 Å². The van der Waals surface area contributed by atoms with Crippen molar-refractivity contribution in [2.75, 3.05) is 38.2 Å². The number of amides is 1. The molecule has 2 aromatic heterocycles. The number of ether oxygens (including phenoxy) is 1. The van der Waals surface area contributed by atoms with Crippen LogP contribution in [-0.4, -0.2) is 53.5 Å². The van der Waals surface area contributed by atoms with Gasteiger partial charge in [0.25, 0.3) is 5.91 Å². The molecule has 0 unspecified atom stereocenters. The van der Waals surface area contributed by atoms with Crippen LogP contribution in [-0.2, 0) is 6.42 Å². The Morgan fingerprint density at radius 1 is 1.14 bits per heavy atom. The molecule has 0 aliphatic carbocycles. The second-order valence-electron chi connectivity index (χ2n) is 7.15. The van der Waals surface area contributed by atoms with Crippen molar-refractivity contribution in [3.8, 4) is 5.75 Å². The Labute approximate surface area is 165 Å². The first kappa shape index (κ1) is 18.3. The van der Waals surface area contributed by atoms with Gasteiger partial charge in [0.15, 0.2) is 11.4 Å². The number of hydrogen-bond donors (Lipinski definition) is 0. The minimum atomic E-state index is 0.0431. The molecule has 3 aromatic rings. The van der Waals surface area contributed by atoms with E-state index >= 15 is 0 Å². The Bertz CT molecular complexity index is 1000. The monoisotopic (exact) mass is 378 g/mol. The van der Waals surface area contributed by atoms with Crippen LogP contribution < -0.4 is 9.64 Å². The summed E-state index contributed by atoms with van der Waals surface area (Å²) < 4.78 is 7.29. The molecule has 1 amide bonds. The van der Waals surface area contributed by atoms with Crippen molar-refractivity contribution in [1.82, 2.24) is 14.3 Å². The minimum Gasteiger partial charge on any atom is -0.493 e. The fourth-order valence-corrected chi connectivity index (χ4v) is 3.86. The molecule has 0 radical (unpaired) electrons. The average molecular weight is 378 g/mol. The van der Waals surface area contributed by atoms with Crippen LogP contribution in [0, 0.1) is 6.92 Å². The van der Waals surface area contributed by atoms with Gasteiger partial charge in [-0.1, -0.05) is 19.1 Å². The minimum absolute atomic E-state index is 0.0431. The molecule has 0 bridgehead atoms. The zero-order chi connectivity index (χ0) is 19.7. The van der Waals surface area contributed by atoms with Crippen LogP contribution in [0.25, 0.3) is 5.65 Å². The number of imidazole rings is 1. The molecule has 1 aliphatic heterocycles. The molecule has 4 rings (SSSR count). The van der Waals surface area contributed by atoms with E-state index in [1.165, 1.54) is 11.3 Å². The van der Waals surface area contributed by atoms with Gasteiger partial charge in [-0.3, -0.25) is 9.20 Å². The highest BCUT2D eigenvalue weighted by Gasteiger charge is 2.27. The zero-order valence-electron chi connectivity index (χ0n) is 16.7. The van der Waals surface area contributed by atoms with Crippen molar-refractivity contribution in [2.24, 2.45) is 0 Å². The summed E-state index contributed by atoms with van der Waals surface area (Å²) in [4.78, 5) is 22.3. The summed E-state index contributed by atoms with van der Waals surface area (Å²) >= 11 is 0. The van der Waals surface area contributed by atoms with E-state index in [1.807, 2.05) is 34.6 Å². The van der Waals surface area contributed by atoms with Crippen molar-refractivity contribution in [3.05, 3.63) is 59.5 Å². The van der Waals surface area contributed by atoms with Crippen LogP contribution in [0.5, 0.6) is 5.75 Å². The number of aromatic nitrogens is 2. The maximum atomic E-state index is 13.4. The Morgan fingerprint density at radius 3 is 2.61 bits per heavy atom. The molecule has 0 spiro atoms. The number of carbonyl (C=O) groups excluding carboxylic acids is 1. The summed E-state index contributed by atoms with van der Waals surface area (Å²) in [7, 11) is 1.63. The number of hydrogen-bond acceptors (Lipinski definition) is 4. The fourth-order valence-electron chi connectivity index (χ4n) is 3.86. The number of fused-ring (bicyclic) bond motifs is 1. The SMILES string of the molecule is CCc1nc2c(OC)cccn2c1C(=O)N1CCN(c2cccc(C)c2)CC1. The first-order chi connectivity index (χ1) is 13.6. The molecular formula is C22H26N4O2. The summed E-state index contributed by atoms with van der Waals surface area (Å²) in [6, 6.07) is 12.3. The predicted octanol–water partition coefficient (Wildman–Crippen LogP) is 3.18. The first-order valence-corrected chi connectivity index (χ1v) is 9.77. The van der Waals surface area contributed by atoms with E-state index in [9.17, 15) is 4.79 Å². The quantitative estimate of drug-likeness (QED) is 0.700. The number of anilines is 1. The molecule has 1 fully saturated rings. The van der Waals surface area contributed by atoms with Crippen LogP contribution in [0.1, 0.15) is 28.7 Å². The molecule has 28 heavy (non-hydrogen) atoms. The van der Waals surface area contributed by atoms with Crippen LogP contribution in [0.4, 0.5) is 5.69 Å². The van der Waals surface area contributed by atoms with Gasteiger partial charge in [0.05, 0.1) is 12.8 Å². The van der Waals surface area contributed by atoms with E-state index in [2.05, 4.69) is 41.1 Å². The molecule has 6 nitrogen and oxygen atoms in total. The molecule has 1 aromatic carbocycles. The smallest absolute Gasteiger partial charge is 0.272 e. The van der Waals surface area contributed by atoms with E-state index in [1.54, 1.807) is 7.11 Å². The van der Waals surface area contributed by atoms with Gasteiger partial charge >= 0.3 is 0 Å². The van der Waals surface area contributed by atoms with E-state index in [4.69, 9.17) is 4.74 Å². The third kappa shape index (κ3) is 3.19. The van der Waals surface area contributed by atoms with Crippen LogP contribution in [0.15, 0.2) is 42.6 Å². The van der Waals surface area contributed by atoms with Crippen molar-refractivity contribution in [2.45, 2.75) is 20.3 Å². The molecule has 0 saturated carbocycles. The van der Waals surface area contributed by atoms with Crippen LogP contribution in [0.3, 0.4) is 0 Å². The topological polar surface area (TPSA) is 50.1 Å². The third-order valence-electron chi connectivity index (χ3n) is 5.38. The molecule has 0 N–H and O–H groups in total. The molecule has 0 atom stereocenters. The summed E-state index contributed by atoms with van der Waals surface area (Å²) in [6.45, 7) is 7.20. The van der Waals surface area contributed by atoms with Gasteiger partial charge in [0, 0.05) is 38.1 Å². The number of rotatable bonds is 4. The zero-order valence-corrected chi connectivity index (χ0v) is 16.7. The highest BCUT2D eigenvalue weighted by atomic mass is 16.5. The Hall–Kier alpha value is -3.02. The van der Waals surface area contributed by atoms with Crippen molar-refractivity contribution in [3.63, 3.8) is 0 Å². The fraction of sp³-hybridized carbons (Fsp3) is 0.364. The second-order valence-corrected chi connectivity index (χ2v) is 7.15. The average Bonchev–Trinajstić information content (AvgIpc) is 3.12. The molecule has 1 aliphatic rings. The van der Waals surface area contributed by atoms with Crippen molar-refractivity contribution in [1.29, 1.82) is 0 Å². The number of pyridine rings is 1. The number of piperazine rings is 1. The van der Waals surface area contributed by atoms with Gasteiger partial charge in [0.2, 0.25) is 0 Å². The van der Waals surface area contributed by atoms with Gasteiger partial charge in [-0.05, 0) is 43.2 Å². The standard InChI is InChI=1S/C22H26N4O2/c1-4-18-20(26-10-6-9-19(28-3)21(26)23-18)22(27)25-13-11-24(12-14-25)17-8-5-7-16(2)15-17/h5-10,15H,4,11-14H2,1-3H3. The lowest BCUT2D eigenvalue weighted by Gasteiger charge is -2.36. The molecule has 1 saturated heterocycles. The Morgan fingerprint density at radius 2 is 1.93 bits per heavy atom. The Balaban J connectivity index is 1.57. The number of aryl methyl sites for hydroxylation is 2. The maximum absolute atomic E-state index is 13.4. The van der Waals surface area contributed by atoms with Crippen molar-refractivity contribution >= 4 is 17.2 Å². The first-order valence-electron chi connectivity index (χ1n) is 9.77. The largest absolute Gasteiger partial charge is 0.493 e. The lowest BCUT2D eigenvalue weighted by Crippen LogP contribution is -2.49. The maximum Gasteiger partial charge on any atom is 0.272 e. The molecule has 3 heterocycles. The molecular weight excluding hydrogens is 352 g/mol. The van der Waals surface area contributed by atoms with Crippen LogP contribution in [0.2, 0.25) is 0 Å². The number of carbonyl (C=O) groups is 1. The van der Waals surface area contributed by atoms with Gasteiger partial charge in [-0.2, -0.15) is 0 Å². The molecule has 6 heteroatoms. The third-order valence-corrected chi connectivity index (χ3v) is 5.38. The number of nitrogens with zero attached hydrogens (tertiary/aromatic N) is 4.